The highest BCUT2D eigenvalue weighted by atomic mass is 16.5. The van der Waals surface area contributed by atoms with E-state index in [0.717, 1.165) is 43.9 Å². The number of para-hydroxylation sites is 1. The van der Waals surface area contributed by atoms with Crippen molar-refractivity contribution in [2.24, 2.45) is 5.92 Å². The molecule has 2 aromatic carbocycles. The largest absolute Gasteiger partial charge is 0.492 e. The molecule has 1 fully saturated rings. The van der Waals surface area contributed by atoms with Crippen LogP contribution in [0.1, 0.15) is 18.4 Å². The van der Waals surface area contributed by atoms with Crippen molar-refractivity contribution in [3.8, 4) is 11.8 Å². The average Bonchev–Trinajstić information content (AvgIpc) is 2.69. The Hall–Kier alpha value is -2.84. The third-order valence-electron chi connectivity index (χ3n) is 4.58. The number of amides is 1. The summed E-state index contributed by atoms with van der Waals surface area (Å²) in [7, 11) is 0. The molecule has 1 amide bonds. The summed E-state index contributed by atoms with van der Waals surface area (Å²) in [5, 5.41) is 11.8. The molecule has 0 spiro atoms. The molecule has 0 aromatic heterocycles. The lowest BCUT2D eigenvalue weighted by molar-refractivity contribution is -0.121. The number of nitriles is 1. The molecule has 0 aliphatic carbocycles. The van der Waals surface area contributed by atoms with E-state index < -0.39 is 0 Å². The van der Waals surface area contributed by atoms with Gasteiger partial charge in [0.2, 0.25) is 5.91 Å². The number of piperidine rings is 1. The quantitative estimate of drug-likeness (QED) is 0.869. The van der Waals surface area contributed by atoms with Crippen LogP contribution in [0.2, 0.25) is 0 Å². The normalized spacial score (nSPS) is 17.3. The van der Waals surface area contributed by atoms with Gasteiger partial charge in [0.15, 0.2) is 0 Å². The summed E-state index contributed by atoms with van der Waals surface area (Å²) in [5.41, 5.74) is 1.47. The third kappa shape index (κ3) is 5.08. The molecular formula is C21H23N3O2. The summed E-state index contributed by atoms with van der Waals surface area (Å²) >= 11 is 0. The van der Waals surface area contributed by atoms with Crippen LogP contribution in [0, 0.1) is 17.2 Å². The van der Waals surface area contributed by atoms with Crippen molar-refractivity contribution in [2.75, 3.05) is 31.6 Å². The number of benzene rings is 2. The number of hydrogen-bond donors (Lipinski definition) is 1. The van der Waals surface area contributed by atoms with E-state index >= 15 is 0 Å². The lowest BCUT2D eigenvalue weighted by atomic mass is 9.97. The summed E-state index contributed by atoms with van der Waals surface area (Å²) in [6.07, 6.45) is 1.94. The Morgan fingerprint density at radius 3 is 2.69 bits per heavy atom. The highest BCUT2D eigenvalue weighted by Crippen LogP contribution is 2.19. The van der Waals surface area contributed by atoms with Crippen LogP contribution in [0.25, 0.3) is 0 Å². The fraction of sp³-hybridized carbons (Fsp3) is 0.333. The number of anilines is 1. The van der Waals surface area contributed by atoms with E-state index in [4.69, 9.17) is 10.00 Å². The van der Waals surface area contributed by atoms with Gasteiger partial charge in [0.05, 0.1) is 17.6 Å². The van der Waals surface area contributed by atoms with Gasteiger partial charge < -0.3 is 10.1 Å². The molecule has 1 N–H and O–H groups in total. The van der Waals surface area contributed by atoms with E-state index in [1.54, 1.807) is 12.1 Å². The Morgan fingerprint density at radius 2 is 1.96 bits per heavy atom. The Bertz CT molecular complexity index is 753. The first-order chi connectivity index (χ1) is 12.7. The maximum absolute atomic E-state index is 12.5. The van der Waals surface area contributed by atoms with Crippen LogP contribution in [-0.4, -0.2) is 37.0 Å². The summed E-state index contributed by atoms with van der Waals surface area (Å²) in [6, 6.07) is 18.8. The second-order valence-electron chi connectivity index (χ2n) is 6.48. The first kappa shape index (κ1) is 18.0. The zero-order valence-corrected chi connectivity index (χ0v) is 14.7. The average molecular weight is 349 g/mol. The van der Waals surface area contributed by atoms with Gasteiger partial charge in [-0.25, -0.2) is 0 Å². The van der Waals surface area contributed by atoms with Gasteiger partial charge in [0.25, 0.3) is 0 Å². The lowest BCUT2D eigenvalue weighted by Gasteiger charge is -2.31. The molecule has 1 unspecified atom stereocenters. The topological polar surface area (TPSA) is 65.4 Å². The summed E-state index contributed by atoms with van der Waals surface area (Å²) in [5.74, 6) is 0.868. The Morgan fingerprint density at radius 1 is 1.19 bits per heavy atom. The van der Waals surface area contributed by atoms with Gasteiger partial charge in [-0.05, 0) is 55.8 Å². The lowest BCUT2D eigenvalue weighted by Crippen LogP contribution is -2.42. The molecule has 134 valence electrons. The number of ether oxygens (including phenoxy) is 1. The molecule has 1 aliphatic heterocycles. The van der Waals surface area contributed by atoms with E-state index in [1.165, 1.54) is 0 Å². The third-order valence-corrected chi connectivity index (χ3v) is 4.58. The second-order valence-corrected chi connectivity index (χ2v) is 6.48. The van der Waals surface area contributed by atoms with Gasteiger partial charge in [-0.3, -0.25) is 9.69 Å². The van der Waals surface area contributed by atoms with E-state index in [1.807, 2.05) is 42.5 Å². The van der Waals surface area contributed by atoms with Crippen LogP contribution in [-0.2, 0) is 4.79 Å². The molecule has 2 aromatic rings. The highest BCUT2D eigenvalue weighted by molar-refractivity contribution is 5.92. The minimum absolute atomic E-state index is 0.0128. The van der Waals surface area contributed by atoms with Crippen molar-refractivity contribution in [3.05, 3.63) is 60.2 Å². The van der Waals surface area contributed by atoms with E-state index in [0.29, 0.717) is 12.2 Å². The van der Waals surface area contributed by atoms with Crippen molar-refractivity contribution in [1.82, 2.24) is 4.90 Å². The molecule has 0 bridgehead atoms. The molecular weight excluding hydrogens is 326 g/mol. The predicted molar refractivity (Wildman–Crippen MR) is 101 cm³/mol. The smallest absolute Gasteiger partial charge is 0.228 e. The van der Waals surface area contributed by atoms with Crippen molar-refractivity contribution in [1.29, 1.82) is 5.26 Å². The van der Waals surface area contributed by atoms with Gasteiger partial charge in [0, 0.05) is 18.8 Å². The van der Waals surface area contributed by atoms with Crippen LogP contribution in [0.4, 0.5) is 5.69 Å². The predicted octanol–water partition coefficient (Wildman–Crippen LogP) is 3.29. The van der Waals surface area contributed by atoms with Crippen LogP contribution in [0.5, 0.6) is 5.75 Å². The van der Waals surface area contributed by atoms with Gasteiger partial charge in [-0.1, -0.05) is 18.2 Å². The standard InChI is InChI=1S/C21H23N3O2/c22-15-17-8-10-20(11-9-17)26-14-13-24-12-4-5-18(16-24)21(25)23-19-6-2-1-3-7-19/h1-3,6-11,18H,4-5,12-14,16H2,(H,23,25). The molecule has 1 atom stereocenters. The van der Waals surface area contributed by atoms with Crippen LogP contribution in [0.15, 0.2) is 54.6 Å². The SMILES string of the molecule is N#Cc1ccc(OCCN2CCCC(C(=O)Nc3ccccc3)C2)cc1. The van der Waals surface area contributed by atoms with Crippen LogP contribution in [0.3, 0.4) is 0 Å². The molecule has 1 heterocycles. The molecule has 26 heavy (non-hydrogen) atoms. The first-order valence-electron chi connectivity index (χ1n) is 8.96. The van der Waals surface area contributed by atoms with Crippen molar-refractivity contribution >= 4 is 11.6 Å². The minimum atomic E-state index is 0.0128. The maximum Gasteiger partial charge on any atom is 0.228 e. The number of carbonyl (C=O) groups is 1. The summed E-state index contributed by atoms with van der Waals surface area (Å²) in [4.78, 5) is 14.8. The number of likely N-dealkylation sites (tertiary alicyclic amines) is 1. The molecule has 5 heteroatoms. The first-order valence-corrected chi connectivity index (χ1v) is 8.96. The van der Waals surface area contributed by atoms with Gasteiger partial charge in [-0.2, -0.15) is 5.26 Å². The number of carbonyl (C=O) groups excluding carboxylic acids is 1. The Kier molecular flexibility index (Phi) is 6.24. The number of hydrogen-bond acceptors (Lipinski definition) is 4. The molecule has 1 saturated heterocycles. The summed E-state index contributed by atoms with van der Waals surface area (Å²) in [6.45, 7) is 3.11. The molecule has 0 saturated carbocycles. The van der Waals surface area contributed by atoms with Gasteiger partial charge >= 0.3 is 0 Å². The Balaban J connectivity index is 1.44. The monoisotopic (exact) mass is 349 g/mol. The molecule has 3 rings (SSSR count). The molecule has 5 nitrogen and oxygen atoms in total. The maximum atomic E-state index is 12.5. The minimum Gasteiger partial charge on any atom is -0.492 e. The zero-order valence-electron chi connectivity index (χ0n) is 14.7. The van der Waals surface area contributed by atoms with Crippen LogP contribution < -0.4 is 10.1 Å². The Labute approximate surface area is 154 Å². The van der Waals surface area contributed by atoms with E-state index in [9.17, 15) is 4.79 Å². The van der Waals surface area contributed by atoms with Crippen LogP contribution >= 0.6 is 0 Å². The second kappa shape index (κ2) is 9.02. The number of nitrogens with one attached hydrogen (secondary N) is 1. The van der Waals surface area contributed by atoms with Crippen molar-refractivity contribution in [2.45, 2.75) is 12.8 Å². The van der Waals surface area contributed by atoms with Crippen molar-refractivity contribution < 1.29 is 9.53 Å². The van der Waals surface area contributed by atoms with E-state index in [-0.39, 0.29) is 11.8 Å². The highest BCUT2D eigenvalue weighted by Gasteiger charge is 2.25. The van der Waals surface area contributed by atoms with Gasteiger partial charge in [-0.15, -0.1) is 0 Å². The summed E-state index contributed by atoms with van der Waals surface area (Å²) < 4.78 is 5.75. The zero-order chi connectivity index (χ0) is 18.2. The fourth-order valence-corrected chi connectivity index (χ4v) is 3.16. The van der Waals surface area contributed by atoms with E-state index in [2.05, 4.69) is 16.3 Å². The molecule has 0 radical (unpaired) electrons. The fourth-order valence-electron chi connectivity index (χ4n) is 3.16. The molecule has 1 aliphatic rings. The number of rotatable bonds is 6. The van der Waals surface area contributed by atoms with Gasteiger partial charge in [0.1, 0.15) is 12.4 Å². The van der Waals surface area contributed by atoms with Crippen molar-refractivity contribution in [3.63, 3.8) is 0 Å². The number of nitrogens with zero attached hydrogens (tertiary/aromatic N) is 2.